The van der Waals surface area contributed by atoms with Gasteiger partial charge < -0.3 is 9.47 Å². The van der Waals surface area contributed by atoms with Gasteiger partial charge in [0, 0.05) is 18.9 Å². The SMILES string of the molecule is CCCCO[C@H]1CC[C@]23CCC[C@H]2[C@H](C(=O)OC)ON3O1. The molecule has 6 heteroatoms. The van der Waals surface area contributed by atoms with Gasteiger partial charge in [0.25, 0.3) is 0 Å². The van der Waals surface area contributed by atoms with Gasteiger partial charge in [-0.15, -0.1) is 0 Å². The lowest BCUT2D eigenvalue weighted by atomic mass is 9.80. The molecule has 0 amide bonds. The first-order valence-corrected chi connectivity index (χ1v) is 8.04. The van der Waals surface area contributed by atoms with E-state index in [1.165, 1.54) is 7.11 Å². The third-order valence-corrected chi connectivity index (χ3v) is 5.01. The van der Waals surface area contributed by atoms with E-state index in [2.05, 4.69) is 6.92 Å². The van der Waals surface area contributed by atoms with Crippen molar-refractivity contribution in [2.24, 2.45) is 5.92 Å². The molecule has 0 unspecified atom stereocenters. The van der Waals surface area contributed by atoms with E-state index in [-0.39, 0.29) is 23.7 Å². The van der Waals surface area contributed by atoms with Gasteiger partial charge >= 0.3 is 5.97 Å². The second-order valence-electron chi connectivity index (χ2n) is 6.21. The number of methoxy groups -OCH3 is 1. The Morgan fingerprint density at radius 2 is 2.19 bits per heavy atom. The number of hydrogen-bond acceptors (Lipinski definition) is 6. The standard InChI is InChI=1S/C15H25NO5/c1-3-4-10-19-12-7-9-15-8-5-6-11(15)13(14(17)18-2)21-16(15)20-12/h11-13H,3-10H2,1-2H3/t11-,12+,13+,15+/m0/s1. The van der Waals surface area contributed by atoms with Crippen LogP contribution in [0.3, 0.4) is 0 Å². The van der Waals surface area contributed by atoms with Crippen molar-refractivity contribution in [3.05, 3.63) is 0 Å². The van der Waals surface area contributed by atoms with Crippen molar-refractivity contribution in [3.8, 4) is 0 Å². The molecule has 4 atom stereocenters. The average Bonchev–Trinajstić information content (AvgIpc) is 3.03. The van der Waals surface area contributed by atoms with Gasteiger partial charge in [0.05, 0.1) is 12.6 Å². The van der Waals surface area contributed by atoms with Crippen LogP contribution in [0.1, 0.15) is 51.9 Å². The predicted octanol–water partition coefficient (Wildman–Crippen LogP) is 2.18. The molecule has 2 aliphatic heterocycles. The molecule has 0 aromatic heterocycles. The molecule has 21 heavy (non-hydrogen) atoms. The average molecular weight is 299 g/mol. The molecule has 0 radical (unpaired) electrons. The minimum absolute atomic E-state index is 0.163. The molecule has 1 saturated carbocycles. The molecule has 0 aromatic rings. The topological polar surface area (TPSA) is 57.2 Å². The number of hydrogen-bond donors (Lipinski definition) is 0. The maximum Gasteiger partial charge on any atom is 0.337 e. The van der Waals surface area contributed by atoms with E-state index in [9.17, 15) is 4.79 Å². The monoisotopic (exact) mass is 299 g/mol. The normalized spacial score (nSPS) is 39.0. The predicted molar refractivity (Wildman–Crippen MR) is 73.8 cm³/mol. The van der Waals surface area contributed by atoms with Crippen molar-refractivity contribution in [1.82, 2.24) is 5.23 Å². The smallest absolute Gasteiger partial charge is 0.337 e. The van der Waals surface area contributed by atoms with Crippen LogP contribution in [0, 0.1) is 5.92 Å². The second-order valence-corrected chi connectivity index (χ2v) is 6.21. The Morgan fingerprint density at radius 3 is 2.95 bits per heavy atom. The summed E-state index contributed by atoms with van der Waals surface area (Å²) in [6.45, 7) is 2.83. The second kappa shape index (κ2) is 6.20. The van der Waals surface area contributed by atoms with Crippen LogP contribution in [0.15, 0.2) is 0 Å². The molecule has 1 spiro atoms. The van der Waals surface area contributed by atoms with E-state index in [4.69, 9.17) is 19.1 Å². The van der Waals surface area contributed by atoms with Gasteiger partial charge in [-0.25, -0.2) is 9.63 Å². The molecule has 6 nitrogen and oxygen atoms in total. The van der Waals surface area contributed by atoms with Crippen LogP contribution < -0.4 is 0 Å². The highest BCUT2D eigenvalue weighted by Gasteiger charge is 2.63. The summed E-state index contributed by atoms with van der Waals surface area (Å²) in [5.74, 6) is -0.135. The van der Waals surface area contributed by atoms with Gasteiger partial charge in [-0.05, 0) is 25.7 Å². The first kappa shape index (κ1) is 15.2. The summed E-state index contributed by atoms with van der Waals surface area (Å²) in [5.41, 5.74) is -0.163. The van der Waals surface area contributed by atoms with E-state index < -0.39 is 6.10 Å². The number of carbonyl (C=O) groups excluding carboxylic acids is 1. The lowest BCUT2D eigenvalue weighted by Gasteiger charge is -2.41. The summed E-state index contributed by atoms with van der Waals surface area (Å²) in [4.78, 5) is 23.6. The Balaban J connectivity index is 1.67. The third kappa shape index (κ3) is 2.59. The minimum Gasteiger partial charge on any atom is -0.467 e. The van der Waals surface area contributed by atoms with Crippen molar-refractivity contribution in [1.29, 1.82) is 0 Å². The van der Waals surface area contributed by atoms with Crippen molar-refractivity contribution < 1.29 is 23.9 Å². The number of unbranched alkanes of at least 4 members (excludes halogenated alkanes) is 1. The molecule has 0 aromatic carbocycles. The molecule has 2 saturated heterocycles. The van der Waals surface area contributed by atoms with Crippen LogP contribution >= 0.6 is 0 Å². The van der Waals surface area contributed by atoms with Crippen LogP contribution in [0.2, 0.25) is 0 Å². The molecule has 2 heterocycles. The lowest BCUT2D eigenvalue weighted by Crippen LogP contribution is -2.51. The Labute approximate surface area is 125 Å². The molecular formula is C15H25NO5. The number of hydroxylamine groups is 2. The van der Waals surface area contributed by atoms with E-state index in [0.29, 0.717) is 6.61 Å². The summed E-state index contributed by atoms with van der Waals surface area (Å²) in [7, 11) is 1.40. The van der Waals surface area contributed by atoms with Gasteiger partial charge in [-0.3, -0.25) is 4.84 Å². The summed E-state index contributed by atoms with van der Waals surface area (Å²) in [6.07, 6.45) is 6.22. The van der Waals surface area contributed by atoms with Gasteiger partial charge in [0.15, 0.2) is 12.4 Å². The van der Waals surface area contributed by atoms with Crippen LogP contribution in [0.4, 0.5) is 0 Å². The molecule has 3 rings (SSSR count). The molecule has 3 fully saturated rings. The fraction of sp³-hybridized carbons (Fsp3) is 0.933. The van der Waals surface area contributed by atoms with Crippen LogP contribution in [-0.2, 0) is 23.9 Å². The van der Waals surface area contributed by atoms with Crippen molar-refractivity contribution in [2.75, 3.05) is 13.7 Å². The summed E-state index contributed by atoms with van der Waals surface area (Å²) >= 11 is 0. The Morgan fingerprint density at radius 1 is 1.33 bits per heavy atom. The summed E-state index contributed by atoms with van der Waals surface area (Å²) in [5, 5.41) is 1.58. The number of esters is 1. The zero-order valence-electron chi connectivity index (χ0n) is 12.9. The number of rotatable bonds is 5. The van der Waals surface area contributed by atoms with Gasteiger partial charge in [0.2, 0.25) is 0 Å². The van der Waals surface area contributed by atoms with Gasteiger partial charge in [0.1, 0.15) is 0 Å². The fourth-order valence-electron chi connectivity index (χ4n) is 3.88. The van der Waals surface area contributed by atoms with Crippen molar-refractivity contribution >= 4 is 5.97 Å². The maximum absolute atomic E-state index is 11.9. The minimum atomic E-state index is -0.535. The van der Waals surface area contributed by atoms with E-state index in [1.807, 2.05) is 0 Å². The number of nitrogens with zero attached hydrogens (tertiary/aromatic N) is 1. The third-order valence-electron chi connectivity index (χ3n) is 5.01. The summed E-state index contributed by atoms with van der Waals surface area (Å²) < 4.78 is 10.6. The summed E-state index contributed by atoms with van der Waals surface area (Å²) in [6, 6.07) is 0. The van der Waals surface area contributed by atoms with Crippen LogP contribution in [0.5, 0.6) is 0 Å². The fourth-order valence-corrected chi connectivity index (χ4v) is 3.88. The van der Waals surface area contributed by atoms with Gasteiger partial charge in [-0.2, -0.15) is 0 Å². The molecule has 120 valence electrons. The highest BCUT2D eigenvalue weighted by molar-refractivity contribution is 5.75. The highest BCUT2D eigenvalue weighted by atomic mass is 17.0. The Kier molecular flexibility index (Phi) is 4.49. The van der Waals surface area contributed by atoms with E-state index in [1.54, 1.807) is 5.23 Å². The Bertz CT molecular complexity index is 390. The Hall–Kier alpha value is -0.690. The lowest BCUT2D eigenvalue weighted by molar-refractivity contribution is -0.452. The van der Waals surface area contributed by atoms with E-state index >= 15 is 0 Å². The number of carbonyl (C=O) groups is 1. The first-order valence-electron chi connectivity index (χ1n) is 8.04. The maximum atomic E-state index is 11.9. The molecule has 3 aliphatic rings. The van der Waals surface area contributed by atoms with Crippen molar-refractivity contribution in [2.45, 2.75) is 69.8 Å². The highest BCUT2D eigenvalue weighted by Crippen LogP contribution is 2.53. The quantitative estimate of drug-likeness (QED) is 0.573. The van der Waals surface area contributed by atoms with Crippen LogP contribution in [-0.4, -0.2) is 42.8 Å². The first-order chi connectivity index (χ1) is 10.2. The number of ether oxygens (including phenoxy) is 2. The largest absolute Gasteiger partial charge is 0.467 e. The van der Waals surface area contributed by atoms with Crippen LogP contribution in [0.25, 0.3) is 0 Å². The molecular weight excluding hydrogens is 274 g/mol. The molecule has 0 bridgehead atoms. The molecule has 1 aliphatic carbocycles. The molecule has 0 N–H and O–H groups in total. The van der Waals surface area contributed by atoms with Crippen molar-refractivity contribution in [3.63, 3.8) is 0 Å². The van der Waals surface area contributed by atoms with Gasteiger partial charge in [-0.1, -0.05) is 25.0 Å². The zero-order chi connectivity index (χ0) is 14.9. The van der Waals surface area contributed by atoms with E-state index in [0.717, 1.165) is 44.9 Å². The zero-order valence-corrected chi connectivity index (χ0v) is 12.9.